The molecule has 2 N–H and O–H groups in total. The summed E-state index contributed by atoms with van der Waals surface area (Å²) in [5.74, 6) is 4.24. The number of carbonyl (C=O) groups excluding carboxylic acids is 1. The Kier molecular flexibility index (Phi) is 5.32. The summed E-state index contributed by atoms with van der Waals surface area (Å²) in [7, 11) is 0. The number of halogens is 1. The molecule has 1 heterocycles. The van der Waals surface area contributed by atoms with Gasteiger partial charge in [0, 0.05) is 24.6 Å². The van der Waals surface area contributed by atoms with Crippen LogP contribution in [0.1, 0.15) is 29.3 Å². The van der Waals surface area contributed by atoms with E-state index in [9.17, 15) is 9.18 Å². The largest absolute Gasteiger partial charge is 0.384 e. The van der Waals surface area contributed by atoms with E-state index in [-0.39, 0.29) is 24.2 Å². The first-order valence-electron chi connectivity index (χ1n) is 6.91. The van der Waals surface area contributed by atoms with Crippen LogP contribution in [0.5, 0.6) is 0 Å². The van der Waals surface area contributed by atoms with Gasteiger partial charge in [-0.25, -0.2) is 4.39 Å². The molecule has 2 atom stereocenters. The van der Waals surface area contributed by atoms with Gasteiger partial charge in [0.05, 0.1) is 11.7 Å². The third-order valence-electron chi connectivity index (χ3n) is 3.58. The Hall–Kier alpha value is -1.90. The maximum absolute atomic E-state index is 13.9. The highest BCUT2D eigenvalue weighted by molar-refractivity contribution is 5.94. The van der Waals surface area contributed by atoms with E-state index in [0.29, 0.717) is 18.7 Å². The normalized spacial score (nSPS) is 20.7. The SMILES string of the molecule is CC1OCCC1CNC(=O)c1ccc(C#CCO)cc1F. The van der Waals surface area contributed by atoms with Gasteiger partial charge in [-0.3, -0.25) is 4.79 Å². The zero-order valence-electron chi connectivity index (χ0n) is 11.9. The minimum atomic E-state index is -0.618. The molecule has 1 saturated heterocycles. The van der Waals surface area contributed by atoms with Gasteiger partial charge in [0.25, 0.3) is 5.91 Å². The van der Waals surface area contributed by atoms with Crippen LogP contribution < -0.4 is 5.32 Å². The molecule has 0 radical (unpaired) electrons. The second kappa shape index (κ2) is 7.21. The Labute approximate surface area is 123 Å². The van der Waals surface area contributed by atoms with Crippen LogP contribution in [0.2, 0.25) is 0 Å². The number of carbonyl (C=O) groups is 1. The smallest absolute Gasteiger partial charge is 0.254 e. The quantitative estimate of drug-likeness (QED) is 0.826. The first-order valence-corrected chi connectivity index (χ1v) is 6.91. The predicted molar refractivity (Wildman–Crippen MR) is 76.2 cm³/mol. The van der Waals surface area contributed by atoms with Crippen molar-refractivity contribution in [2.45, 2.75) is 19.4 Å². The minimum absolute atomic E-state index is 0.00360. The molecule has 0 spiro atoms. The average Bonchev–Trinajstić information content (AvgIpc) is 2.88. The molecule has 1 aromatic carbocycles. The molecular weight excluding hydrogens is 273 g/mol. The van der Waals surface area contributed by atoms with Crippen LogP contribution in [0.3, 0.4) is 0 Å². The number of rotatable bonds is 3. The van der Waals surface area contributed by atoms with Crippen molar-refractivity contribution in [2.24, 2.45) is 5.92 Å². The van der Waals surface area contributed by atoms with Crippen molar-refractivity contribution in [1.82, 2.24) is 5.32 Å². The predicted octanol–water partition coefficient (Wildman–Crippen LogP) is 1.32. The van der Waals surface area contributed by atoms with E-state index in [2.05, 4.69) is 17.2 Å². The average molecular weight is 291 g/mol. The lowest BCUT2D eigenvalue weighted by molar-refractivity contribution is 0.0904. The number of ether oxygens (including phenoxy) is 1. The Morgan fingerprint density at radius 2 is 2.38 bits per heavy atom. The molecule has 4 nitrogen and oxygen atoms in total. The van der Waals surface area contributed by atoms with Crippen molar-refractivity contribution in [1.29, 1.82) is 0 Å². The second-order valence-corrected chi connectivity index (χ2v) is 4.99. The van der Waals surface area contributed by atoms with Crippen molar-refractivity contribution in [2.75, 3.05) is 19.8 Å². The van der Waals surface area contributed by atoms with Crippen molar-refractivity contribution >= 4 is 5.91 Å². The molecule has 5 heteroatoms. The Morgan fingerprint density at radius 1 is 1.57 bits per heavy atom. The summed E-state index contributed by atoms with van der Waals surface area (Å²) in [6, 6.07) is 4.15. The summed E-state index contributed by atoms with van der Waals surface area (Å²) in [6.07, 6.45) is 1.02. The summed E-state index contributed by atoms with van der Waals surface area (Å²) in [5.41, 5.74) is 0.423. The molecule has 0 saturated carbocycles. The van der Waals surface area contributed by atoms with E-state index in [1.165, 1.54) is 12.1 Å². The molecule has 2 unspecified atom stereocenters. The highest BCUT2D eigenvalue weighted by atomic mass is 19.1. The fraction of sp³-hybridized carbons (Fsp3) is 0.438. The maximum atomic E-state index is 13.9. The van der Waals surface area contributed by atoms with Gasteiger partial charge in [0.2, 0.25) is 0 Å². The van der Waals surface area contributed by atoms with Crippen LogP contribution in [0, 0.1) is 23.6 Å². The van der Waals surface area contributed by atoms with Crippen LogP contribution in [0.15, 0.2) is 18.2 Å². The molecular formula is C16H18FNO3. The highest BCUT2D eigenvalue weighted by Crippen LogP contribution is 2.19. The van der Waals surface area contributed by atoms with Gasteiger partial charge in [-0.05, 0) is 31.5 Å². The molecule has 0 aliphatic carbocycles. The van der Waals surface area contributed by atoms with E-state index >= 15 is 0 Å². The fourth-order valence-corrected chi connectivity index (χ4v) is 2.28. The minimum Gasteiger partial charge on any atom is -0.384 e. The van der Waals surface area contributed by atoms with Crippen molar-refractivity contribution in [3.63, 3.8) is 0 Å². The van der Waals surface area contributed by atoms with Crippen LogP contribution in [-0.4, -0.2) is 36.9 Å². The third kappa shape index (κ3) is 4.03. The second-order valence-electron chi connectivity index (χ2n) is 4.99. The van der Waals surface area contributed by atoms with Crippen molar-refractivity contribution in [3.8, 4) is 11.8 Å². The monoisotopic (exact) mass is 291 g/mol. The van der Waals surface area contributed by atoms with E-state index < -0.39 is 11.7 Å². The Bertz CT molecular complexity index is 577. The number of benzene rings is 1. The van der Waals surface area contributed by atoms with Gasteiger partial charge in [0.1, 0.15) is 12.4 Å². The maximum Gasteiger partial charge on any atom is 0.254 e. The molecule has 1 aromatic rings. The first-order chi connectivity index (χ1) is 10.1. The van der Waals surface area contributed by atoms with Crippen LogP contribution in [-0.2, 0) is 4.74 Å². The zero-order valence-corrected chi connectivity index (χ0v) is 11.9. The zero-order chi connectivity index (χ0) is 15.2. The number of hydrogen-bond donors (Lipinski definition) is 2. The van der Waals surface area contributed by atoms with Crippen molar-refractivity contribution in [3.05, 3.63) is 35.1 Å². The number of nitrogens with one attached hydrogen (secondary N) is 1. The summed E-state index contributed by atoms with van der Waals surface area (Å²) in [5, 5.41) is 11.3. The standard InChI is InChI=1S/C16H18FNO3/c1-11-13(6-8-21-11)10-18-16(20)14-5-4-12(3-2-7-19)9-15(14)17/h4-5,9,11,13,19H,6-8,10H2,1H3,(H,18,20). The first kappa shape index (κ1) is 15.5. The lowest BCUT2D eigenvalue weighted by Gasteiger charge is -2.14. The van der Waals surface area contributed by atoms with Crippen LogP contribution in [0.4, 0.5) is 4.39 Å². The van der Waals surface area contributed by atoms with Gasteiger partial charge >= 0.3 is 0 Å². The fourth-order valence-electron chi connectivity index (χ4n) is 2.28. The van der Waals surface area contributed by atoms with Gasteiger partial charge in [-0.2, -0.15) is 0 Å². The molecule has 1 amide bonds. The van der Waals surface area contributed by atoms with Gasteiger partial charge in [-0.1, -0.05) is 11.8 Å². The Morgan fingerprint density at radius 3 is 3.00 bits per heavy atom. The lowest BCUT2D eigenvalue weighted by Crippen LogP contribution is -2.32. The van der Waals surface area contributed by atoms with Crippen molar-refractivity contribution < 1.29 is 19.0 Å². The number of aliphatic hydroxyl groups is 1. The molecule has 112 valence electrons. The van der Waals surface area contributed by atoms with Crippen LogP contribution in [0.25, 0.3) is 0 Å². The summed E-state index contributed by atoms with van der Waals surface area (Å²) in [4.78, 5) is 12.0. The summed E-state index contributed by atoms with van der Waals surface area (Å²) in [6.45, 7) is 2.87. The molecule has 1 fully saturated rings. The van der Waals surface area contributed by atoms with E-state index in [1.54, 1.807) is 6.07 Å². The Balaban J connectivity index is 1.99. The van der Waals surface area contributed by atoms with Crippen LogP contribution >= 0.6 is 0 Å². The molecule has 21 heavy (non-hydrogen) atoms. The van der Waals surface area contributed by atoms with Gasteiger partial charge in [-0.15, -0.1) is 0 Å². The van der Waals surface area contributed by atoms with E-state index in [1.807, 2.05) is 6.92 Å². The molecule has 1 aliphatic heterocycles. The molecule has 2 rings (SSSR count). The topological polar surface area (TPSA) is 58.6 Å². The molecule has 1 aliphatic rings. The molecule has 0 bridgehead atoms. The number of aliphatic hydroxyl groups excluding tert-OH is 1. The summed E-state index contributed by atoms with van der Waals surface area (Å²) >= 11 is 0. The molecule has 0 aromatic heterocycles. The highest BCUT2D eigenvalue weighted by Gasteiger charge is 2.24. The number of amides is 1. The number of hydrogen-bond acceptors (Lipinski definition) is 3. The van der Waals surface area contributed by atoms with Gasteiger partial charge in [0.15, 0.2) is 0 Å². The van der Waals surface area contributed by atoms with E-state index in [4.69, 9.17) is 9.84 Å². The van der Waals surface area contributed by atoms with E-state index in [0.717, 1.165) is 6.42 Å². The lowest BCUT2D eigenvalue weighted by atomic mass is 10.0. The third-order valence-corrected chi connectivity index (χ3v) is 3.58. The summed E-state index contributed by atoms with van der Waals surface area (Å²) < 4.78 is 19.3. The van der Waals surface area contributed by atoms with Gasteiger partial charge < -0.3 is 15.2 Å².